The summed E-state index contributed by atoms with van der Waals surface area (Å²) < 4.78 is 1.85. The van der Waals surface area contributed by atoms with Crippen molar-refractivity contribution in [3.05, 3.63) is 54.0 Å². The van der Waals surface area contributed by atoms with Crippen LogP contribution in [0.3, 0.4) is 0 Å². The first-order valence-corrected chi connectivity index (χ1v) is 8.10. The molecule has 0 aromatic carbocycles. The molecule has 4 rings (SSSR count). The van der Waals surface area contributed by atoms with Gasteiger partial charge in [0.25, 0.3) is 0 Å². The lowest BCUT2D eigenvalue weighted by Gasteiger charge is -2.23. The van der Waals surface area contributed by atoms with Gasteiger partial charge >= 0.3 is 0 Å². The third kappa shape index (κ3) is 2.73. The number of nitrogens with zero attached hydrogens (tertiary/aromatic N) is 3. The normalized spacial score (nSPS) is 18.4. The van der Waals surface area contributed by atoms with Crippen LogP contribution in [0.5, 0.6) is 0 Å². The van der Waals surface area contributed by atoms with Crippen molar-refractivity contribution in [3.8, 4) is 11.3 Å². The quantitative estimate of drug-likeness (QED) is 0.780. The summed E-state index contributed by atoms with van der Waals surface area (Å²) in [6.07, 6.45) is 6.09. The molecule has 1 saturated heterocycles. The van der Waals surface area contributed by atoms with E-state index in [2.05, 4.69) is 10.4 Å². The Morgan fingerprint density at radius 1 is 1.30 bits per heavy atom. The zero-order chi connectivity index (χ0) is 15.6. The van der Waals surface area contributed by atoms with Gasteiger partial charge in [0, 0.05) is 29.9 Å². The number of rotatable bonds is 3. The van der Waals surface area contributed by atoms with E-state index in [9.17, 15) is 5.11 Å². The molecule has 23 heavy (non-hydrogen) atoms. The molecule has 118 valence electrons. The summed E-state index contributed by atoms with van der Waals surface area (Å²) in [5, 5.41) is 17.5. The molecule has 5 nitrogen and oxygen atoms in total. The molecular formula is C18H20N4O. The molecule has 1 aliphatic rings. The Bertz CT molecular complexity index is 821. The van der Waals surface area contributed by atoms with Gasteiger partial charge in [-0.2, -0.15) is 5.10 Å². The van der Waals surface area contributed by atoms with Gasteiger partial charge in [0.05, 0.1) is 24.0 Å². The van der Waals surface area contributed by atoms with E-state index in [1.807, 2.05) is 47.2 Å². The van der Waals surface area contributed by atoms with Gasteiger partial charge in [0.1, 0.15) is 0 Å². The van der Waals surface area contributed by atoms with Crippen molar-refractivity contribution in [2.75, 3.05) is 13.1 Å². The molecule has 3 aromatic heterocycles. The van der Waals surface area contributed by atoms with Crippen LogP contribution < -0.4 is 5.32 Å². The van der Waals surface area contributed by atoms with Crippen LogP contribution in [0.15, 0.2) is 42.7 Å². The Kier molecular flexibility index (Phi) is 3.81. The third-order valence-electron chi connectivity index (χ3n) is 4.51. The summed E-state index contributed by atoms with van der Waals surface area (Å²) in [4.78, 5) is 4.89. The highest BCUT2D eigenvalue weighted by Crippen LogP contribution is 2.28. The smallest absolute Gasteiger partial charge is 0.0755 e. The number of aromatic nitrogens is 3. The van der Waals surface area contributed by atoms with Gasteiger partial charge in [0.2, 0.25) is 0 Å². The van der Waals surface area contributed by atoms with Crippen molar-refractivity contribution in [1.29, 1.82) is 0 Å². The molecule has 0 spiro atoms. The zero-order valence-electron chi connectivity index (χ0n) is 12.9. The van der Waals surface area contributed by atoms with Crippen LogP contribution in [0.4, 0.5) is 0 Å². The molecule has 0 radical (unpaired) electrons. The van der Waals surface area contributed by atoms with E-state index in [1.165, 1.54) is 6.42 Å². The Labute approximate surface area is 135 Å². The van der Waals surface area contributed by atoms with E-state index in [0.717, 1.165) is 47.5 Å². The van der Waals surface area contributed by atoms with Crippen molar-refractivity contribution in [3.63, 3.8) is 0 Å². The minimum atomic E-state index is 0.0296. The maximum absolute atomic E-state index is 9.63. The van der Waals surface area contributed by atoms with Crippen molar-refractivity contribution in [2.45, 2.75) is 25.4 Å². The number of hydrogen-bond acceptors (Lipinski definition) is 4. The van der Waals surface area contributed by atoms with Crippen LogP contribution in [0.2, 0.25) is 0 Å². The maximum Gasteiger partial charge on any atom is 0.0755 e. The van der Waals surface area contributed by atoms with Gasteiger partial charge in [-0.25, -0.2) is 4.52 Å². The van der Waals surface area contributed by atoms with Crippen LogP contribution in [0.1, 0.15) is 30.0 Å². The Hall–Kier alpha value is -2.24. The number of nitrogens with one attached hydrogen (secondary N) is 1. The molecule has 1 atom stereocenters. The first-order valence-electron chi connectivity index (χ1n) is 8.10. The van der Waals surface area contributed by atoms with E-state index in [4.69, 9.17) is 4.98 Å². The lowest BCUT2D eigenvalue weighted by Crippen LogP contribution is -2.29. The number of fused-ring (bicyclic) bond motifs is 1. The van der Waals surface area contributed by atoms with Crippen molar-refractivity contribution >= 4 is 5.52 Å². The lowest BCUT2D eigenvalue weighted by atomic mass is 9.94. The minimum Gasteiger partial charge on any atom is -0.392 e. The highest BCUT2D eigenvalue weighted by atomic mass is 16.3. The number of aliphatic hydroxyl groups excluding tert-OH is 1. The highest BCUT2D eigenvalue weighted by Gasteiger charge is 2.19. The molecule has 0 bridgehead atoms. The largest absolute Gasteiger partial charge is 0.392 e. The van der Waals surface area contributed by atoms with Crippen molar-refractivity contribution in [1.82, 2.24) is 19.9 Å². The molecule has 4 heterocycles. The predicted octanol–water partition coefficient (Wildman–Crippen LogP) is 2.36. The molecule has 1 unspecified atom stereocenters. The Morgan fingerprint density at radius 3 is 3.09 bits per heavy atom. The van der Waals surface area contributed by atoms with Gasteiger partial charge in [-0.05, 0) is 49.2 Å². The number of aliphatic hydroxyl groups is 1. The van der Waals surface area contributed by atoms with Crippen LogP contribution >= 0.6 is 0 Å². The standard InChI is InChI=1S/C18H20N4O/c23-12-13-8-16(14-4-3-6-19-10-14)21-17(9-13)15-11-20-22-7-2-1-5-18(15)22/h1-2,5,7-9,11,14,19,23H,3-4,6,10,12H2. The fraction of sp³-hybridized carbons (Fsp3) is 0.333. The van der Waals surface area contributed by atoms with E-state index in [0.29, 0.717) is 5.92 Å². The van der Waals surface area contributed by atoms with Gasteiger partial charge in [-0.1, -0.05) is 6.07 Å². The van der Waals surface area contributed by atoms with Crippen molar-refractivity contribution in [2.24, 2.45) is 0 Å². The van der Waals surface area contributed by atoms with Crippen molar-refractivity contribution < 1.29 is 5.11 Å². The monoisotopic (exact) mass is 308 g/mol. The van der Waals surface area contributed by atoms with Gasteiger partial charge in [0.15, 0.2) is 0 Å². The van der Waals surface area contributed by atoms with Crippen LogP contribution in [-0.4, -0.2) is 32.8 Å². The number of piperidine rings is 1. The van der Waals surface area contributed by atoms with Gasteiger partial charge in [-0.3, -0.25) is 4.98 Å². The van der Waals surface area contributed by atoms with Gasteiger partial charge in [-0.15, -0.1) is 0 Å². The molecule has 0 amide bonds. The topological polar surface area (TPSA) is 62.5 Å². The van der Waals surface area contributed by atoms with E-state index >= 15 is 0 Å². The Morgan fingerprint density at radius 2 is 2.26 bits per heavy atom. The van der Waals surface area contributed by atoms with E-state index in [-0.39, 0.29) is 6.61 Å². The summed E-state index contributed by atoms with van der Waals surface area (Å²) in [5.74, 6) is 0.413. The molecule has 5 heteroatoms. The number of hydrogen-bond donors (Lipinski definition) is 2. The molecule has 0 saturated carbocycles. The average Bonchev–Trinajstić information content (AvgIpc) is 3.06. The predicted molar refractivity (Wildman–Crippen MR) is 89.2 cm³/mol. The molecule has 3 aromatic rings. The first-order chi connectivity index (χ1) is 11.3. The summed E-state index contributed by atoms with van der Waals surface area (Å²) in [6.45, 7) is 2.06. The second-order valence-corrected chi connectivity index (χ2v) is 6.08. The SMILES string of the molecule is OCc1cc(-c2cnn3ccccc23)nc(C2CCCNC2)c1. The maximum atomic E-state index is 9.63. The van der Waals surface area contributed by atoms with E-state index in [1.54, 1.807) is 0 Å². The summed E-state index contributed by atoms with van der Waals surface area (Å²) in [5.41, 5.74) is 4.90. The lowest BCUT2D eigenvalue weighted by molar-refractivity contribution is 0.281. The number of pyridine rings is 2. The average molecular weight is 308 g/mol. The third-order valence-corrected chi connectivity index (χ3v) is 4.51. The second-order valence-electron chi connectivity index (χ2n) is 6.08. The van der Waals surface area contributed by atoms with Crippen LogP contribution in [0, 0.1) is 0 Å². The summed E-state index contributed by atoms with van der Waals surface area (Å²) in [6, 6.07) is 10.00. The van der Waals surface area contributed by atoms with E-state index < -0.39 is 0 Å². The second kappa shape index (κ2) is 6.10. The first kappa shape index (κ1) is 14.4. The zero-order valence-corrected chi connectivity index (χ0v) is 12.9. The fourth-order valence-electron chi connectivity index (χ4n) is 3.29. The molecule has 1 aliphatic heterocycles. The summed E-state index contributed by atoms with van der Waals surface area (Å²) >= 11 is 0. The fourth-order valence-corrected chi connectivity index (χ4v) is 3.29. The molecule has 2 N–H and O–H groups in total. The van der Waals surface area contributed by atoms with Gasteiger partial charge < -0.3 is 10.4 Å². The molecule has 0 aliphatic carbocycles. The molecular weight excluding hydrogens is 288 g/mol. The van der Waals surface area contributed by atoms with Crippen LogP contribution in [0.25, 0.3) is 16.8 Å². The minimum absolute atomic E-state index is 0.0296. The van der Waals surface area contributed by atoms with Crippen LogP contribution in [-0.2, 0) is 6.61 Å². The Balaban J connectivity index is 1.81. The molecule has 1 fully saturated rings. The highest BCUT2D eigenvalue weighted by molar-refractivity contribution is 5.77. The summed E-state index contributed by atoms with van der Waals surface area (Å²) in [7, 11) is 0.